The van der Waals surface area contributed by atoms with Gasteiger partial charge in [-0.15, -0.1) is 0 Å². The largest absolute Gasteiger partial charge is 0.493 e. The maximum atomic E-state index is 14.3. The van der Waals surface area contributed by atoms with Gasteiger partial charge in [-0.2, -0.15) is 0 Å². The molecule has 0 unspecified atom stereocenters. The molecule has 1 saturated heterocycles. The lowest BCUT2D eigenvalue weighted by molar-refractivity contribution is 0.0509. The van der Waals surface area contributed by atoms with Crippen LogP contribution in [0.25, 0.3) is 10.9 Å². The zero-order valence-corrected chi connectivity index (χ0v) is 24.9. The van der Waals surface area contributed by atoms with E-state index in [9.17, 15) is 9.18 Å². The van der Waals surface area contributed by atoms with Crippen LogP contribution in [0.5, 0.6) is 23.1 Å². The summed E-state index contributed by atoms with van der Waals surface area (Å²) in [6, 6.07) is 8.08. The molecule has 9 nitrogen and oxygen atoms in total. The molecule has 0 atom stereocenters. The predicted octanol–water partition coefficient (Wildman–Crippen LogP) is 6.34. The number of alkyl carbamates (subject to hydrolysis) is 1. The van der Waals surface area contributed by atoms with Gasteiger partial charge in [-0.3, -0.25) is 0 Å². The van der Waals surface area contributed by atoms with Crippen molar-refractivity contribution in [1.82, 2.24) is 20.2 Å². The lowest BCUT2D eigenvalue weighted by Crippen LogP contribution is -2.40. The van der Waals surface area contributed by atoms with Crippen molar-refractivity contribution in [2.75, 3.05) is 39.9 Å². The van der Waals surface area contributed by atoms with Crippen molar-refractivity contribution < 1.29 is 28.1 Å². The quantitative estimate of drug-likeness (QED) is 0.263. The smallest absolute Gasteiger partial charge is 0.407 e. The van der Waals surface area contributed by atoms with Crippen molar-refractivity contribution in [1.29, 1.82) is 0 Å². The highest BCUT2D eigenvalue weighted by Crippen LogP contribution is 2.36. The molecule has 0 aliphatic carbocycles. The summed E-state index contributed by atoms with van der Waals surface area (Å²) in [5.41, 5.74) is 0.110. The van der Waals surface area contributed by atoms with Crippen LogP contribution in [0, 0.1) is 11.7 Å². The average Bonchev–Trinajstić information content (AvgIpc) is 2.91. The number of halogens is 2. The molecule has 0 bridgehead atoms. The van der Waals surface area contributed by atoms with Crippen LogP contribution in [-0.4, -0.2) is 66.5 Å². The van der Waals surface area contributed by atoms with Crippen molar-refractivity contribution >= 4 is 32.9 Å². The number of fused-ring (bicyclic) bond motifs is 1. The van der Waals surface area contributed by atoms with Gasteiger partial charge in [0, 0.05) is 23.6 Å². The number of benzene rings is 2. The van der Waals surface area contributed by atoms with Crippen LogP contribution < -0.4 is 19.5 Å². The fraction of sp³-hybridized carbons (Fsp3) is 0.483. The maximum Gasteiger partial charge on any atom is 0.407 e. The zero-order chi connectivity index (χ0) is 28.7. The van der Waals surface area contributed by atoms with E-state index in [1.807, 2.05) is 20.8 Å². The first-order valence-corrected chi connectivity index (χ1v) is 14.2. The highest BCUT2D eigenvalue weighted by molar-refractivity contribution is 9.10. The van der Waals surface area contributed by atoms with Crippen LogP contribution in [-0.2, 0) is 4.74 Å². The third-order valence-corrected chi connectivity index (χ3v) is 7.00. The molecular formula is C29H36BrFN4O5. The predicted molar refractivity (Wildman–Crippen MR) is 154 cm³/mol. The molecule has 4 rings (SSSR count). The molecule has 216 valence electrons. The highest BCUT2D eigenvalue weighted by Gasteiger charge is 2.22. The Morgan fingerprint density at radius 2 is 1.90 bits per heavy atom. The standard InChI is InChI=1S/C29H36BrFN4O5/c1-29(2,3)40-28(36)32-17-19-8-11-35(12-9-19)10-5-13-38-26-16-23-21(15-25(26)37-4)27(34-18-33-23)39-24-7-6-20(30)14-22(24)31/h6-7,14-16,18-19H,5,8-13,17H2,1-4H3,(H,32,36). The summed E-state index contributed by atoms with van der Waals surface area (Å²) >= 11 is 3.25. The van der Waals surface area contributed by atoms with E-state index in [0.29, 0.717) is 45.9 Å². The van der Waals surface area contributed by atoms with E-state index < -0.39 is 11.4 Å². The summed E-state index contributed by atoms with van der Waals surface area (Å²) in [5, 5.41) is 3.47. The monoisotopic (exact) mass is 618 g/mol. The minimum absolute atomic E-state index is 0.0610. The van der Waals surface area contributed by atoms with Crippen LogP contribution in [0.4, 0.5) is 9.18 Å². The molecular weight excluding hydrogens is 583 g/mol. The Hall–Kier alpha value is -3.18. The number of nitrogens with zero attached hydrogens (tertiary/aromatic N) is 3. The molecule has 1 aromatic heterocycles. The number of hydrogen-bond donors (Lipinski definition) is 1. The molecule has 0 spiro atoms. The highest BCUT2D eigenvalue weighted by atomic mass is 79.9. The number of aromatic nitrogens is 2. The van der Waals surface area contributed by atoms with Gasteiger partial charge in [-0.1, -0.05) is 15.9 Å². The molecule has 0 saturated carbocycles. The Kier molecular flexibility index (Phi) is 10.0. The van der Waals surface area contributed by atoms with Gasteiger partial charge >= 0.3 is 6.09 Å². The SMILES string of the molecule is COc1cc2c(Oc3ccc(Br)cc3F)ncnc2cc1OCCCN1CCC(CNC(=O)OC(C)(C)C)CC1. The third kappa shape index (κ3) is 8.41. The molecule has 3 aromatic rings. The molecule has 11 heteroatoms. The Balaban J connectivity index is 1.26. The fourth-order valence-electron chi connectivity index (χ4n) is 4.48. The minimum Gasteiger partial charge on any atom is -0.493 e. The number of likely N-dealkylation sites (tertiary alicyclic amines) is 1. The van der Waals surface area contributed by atoms with Crippen molar-refractivity contribution in [3.63, 3.8) is 0 Å². The van der Waals surface area contributed by atoms with E-state index in [-0.39, 0.29) is 17.7 Å². The zero-order valence-electron chi connectivity index (χ0n) is 23.3. The summed E-state index contributed by atoms with van der Waals surface area (Å²) in [4.78, 5) is 22.8. The van der Waals surface area contributed by atoms with E-state index in [2.05, 4.69) is 36.1 Å². The molecule has 1 aliphatic rings. The van der Waals surface area contributed by atoms with Crippen LogP contribution in [0.3, 0.4) is 0 Å². The van der Waals surface area contributed by atoms with Crippen molar-refractivity contribution in [2.45, 2.75) is 45.6 Å². The van der Waals surface area contributed by atoms with Gasteiger partial charge in [0.25, 0.3) is 0 Å². The summed E-state index contributed by atoms with van der Waals surface area (Å²) in [7, 11) is 1.56. The Labute approximate surface area is 242 Å². The van der Waals surface area contributed by atoms with Crippen molar-refractivity contribution in [3.8, 4) is 23.1 Å². The topological polar surface area (TPSA) is 95.0 Å². The summed E-state index contributed by atoms with van der Waals surface area (Å²) in [6.45, 7) is 9.63. The second-order valence-electron chi connectivity index (χ2n) is 10.7. The normalized spacial score (nSPS) is 14.7. The second-order valence-corrected chi connectivity index (χ2v) is 11.7. The van der Waals surface area contributed by atoms with Gasteiger partial charge in [0.05, 0.1) is 24.6 Å². The molecule has 0 radical (unpaired) electrons. The Morgan fingerprint density at radius 3 is 2.60 bits per heavy atom. The molecule has 1 fully saturated rings. The number of carbonyl (C=O) groups is 1. The number of nitrogens with one attached hydrogen (secondary N) is 1. The fourth-order valence-corrected chi connectivity index (χ4v) is 4.82. The first-order chi connectivity index (χ1) is 19.1. The molecule has 2 heterocycles. The third-order valence-electron chi connectivity index (χ3n) is 6.50. The molecule has 2 aromatic carbocycles. The van der Waals surface area contributed by atoms with Gasteiger partial charge in [-0.25, -0.2) is 19.2 Å². The number of methoxy groups -OCH3 is 1. The number of hydrogen-bond acceptors (Lipinski definition) is 8. The second kappa shape index (κ2) is 13.5. The lowest BCUT2D eigenvalue weighted by atomic mass is 9.97. The van der Waals surface area contributed by atoms with Crippen LogP contribution in [0.2, 0.25) is 0 Å². The van der Waals surface area contributed by atoms with Gasteiger partial charge in [-0.05, 0) is 83.3 Å². The van der Waals surface area contributed by atoms with Crippen molar-refractivity contribution in [3.05, 3.63) is 46.9 Å². The number of amides is 1. The number of carbonyl (C=O) groups excluding carboxylic acids is 1. The Bertz CT molecular complexity index is 1310. The van der Waals surface area contributed by atoms with E-state index in [1.54, 1.807) is 25.3 Å². The van der Waals surface area contributed by atoms with E-state index in [4.69, 9.17) is 18.9 Å². The lowest BCUT2D eigenvalue weighted by Gasteiger charge is -2.32. The van der Waals surface area contributed by atoms with E-state index in [1.165, 1.54) is 18.5 Å². The Morgan fingerprint density at radius 1 is 1.12 bits per heavy atom. The van der Waals surface area contributed by atoms with Gasteiger partial charge in [0.15, 0.2) is 23.1 Å². The maximum absolute atomic E-state index is 14.3. The van der Waals surface area contributed by atoms with Gasteiger partial charge < -0.3 is 29.2 Å². The van der Waals surface area contributed by atoms with Crippen LogP contribution in [0.15, 0.2) is 41.1 Å². The van der Waals surface area contributed by atoms with Gasteiger partial charge in [0.2, 0.25) is 5.88 Å². The summed E-state index contributed by atoms with van der Waals surface area (Å²) in [5.74, 6) is 1.32. The number of rotatable bonds is 10. The van der Waals surface area contributed by atoms with Crippen molar-refractivity contribution in [2.24, 2.45) is 5.92 Å². The molecule has 40 heavy (non-hydrogen) atoms. The molecule has 1 amide bonds. The molecule has 1 N–H and O–H groups in total. The molecule has 1 aliphatic heterocycles. The minimum atomic E-state index is -0.505. The summed E-state index contributed by atoms with van der Waals surface area (Å²) in [6.07, 6.45) is 3.93. The van der Waals surface area contributed by atoms with Crippen LogP contribution >= 0.6 is 15.9 Å². The van der Waals surface area contributed by atoms with E-state index >= 15 is 0 Å². The average molecular weight is 620 g/mol. The van der Waals surface area contributed by atoms with Crippen LogP contribution in [0.1, 0.15) is 40.0 Å². The number of ether oxygens (including phenoxy) is 4. The van der Waals surface area contributed by atoms with E-state index in [0.717, 1.165) is 38.9 Å². The van der Waals surface area contributed by atoms with Gasteiger partial charge in [0.1, 0.15) is 11.9 Å². The number of piperidine rings is 1. The first-order valence-electron chi connectivity index (χ1n) is 13.4. The summed E-state index contributed by atoms with van der Waals surface area (Å²) < 4.78 is 37.6. The first kappa shape index (κ1) is 29.8.